The van der Waals surface area contributed by atoms with Crippen molar-refractivity contribution in [2.45, 2.75) is 18.9 Å². The number of piperazine rings is 1. The summed E-state index contributed by atoms with van der Waals surface area (Å²) in [6.45, 7) is 8.61. The Bertz CT molecular complexity index is 217. The molecule has 0 amide bonds. The van der Waals surface area contributed by atoms with E-state index >= 15 is 0 Å². The second-order valence-corrected chi connectivity index (χ2v) is 6.01. The van der Waals surface area contributed by atoms with Crippen molar-refractivity contribution in [1.29, 1.82) is 0 Å². The first-order chi connectivity index (χ1) is 9.24. The van der Waals surface area contributed by atoms with Gasteiger partial charge in [0.05, 0.1) is 12.7 Å². The Morgan fingerprint density at radius 2 is 2.21 bits per heavy atom. The fourth-order valence-electron chi connectivity index (χ4n) is 3.08. The Kier molecular flexibility index (Phi) is 6.53. The summed E-state index contributed by atoms with van der Waals surface area (Å²) in [5, 5.41) is 13.5. The van der Waals surface area contributed by atoms with E-state index in [0.717, 1.165) is 59.0 Å². The summed E-state index contributed by atoms with van der Waals surface area (Å²) in [6, 6.07) is 0. The van der Waals surface area contributed by atoms with Gasteiger partial charge in [-0.3, -0.25) is 4.90 Å². The van der Waals surface area contributed by atoms with Gasteiger partial charge in [-0.15, -0.1) is 0 Å². The molecule has 0 radical (unpaired) electrons. The van der Waals surface area contributed by atoms with E-state index in [1.807, 2.05) is 0 Å². The quantitative estimate of drug-likeness (QED) is 0.689. The molecule has 2 unspecified atom stereocenters. The van der Waals surface area contributed by atoms with E-state index in [4.69, 9.17) is 4.74 Å². The lowest BCUT2D eigenvalue weighted by molar-refractivity contribution is 0.0290. The van der Waals surface area contributed by atoms with Crippen LogP contribution in [0.1, 0.15) is 12.8 Å². The molecule has 0 aromatic heterocycles. The Morgan fingerprint density at radius 3 is 2.89 bits per heavy atom. The predicted octanol–water partition coefficient (Wildman–Crippen LogP) is -0.389. The lowest BCUT2D eigenvalue weighted by Gasteiger charge is -2.32. The molecule has 2 fully saturated rings. The van der Waals surface area contributed by atoms with Gasteiger partial charge in [0, 0.05) is 52.4 Å². The Labute approximate surface area is 116 Å². The smallest absolute Gasteiger partial charge is 0.0793 e. The number of likely N-dealkylation sites (N-methyl/N-ethyl adjacent to an activating group) is 1. The average molecular weight is 271 g/mol. The summed E-state index contributed by atoms with van der Waals surface area (Å²) in [5.41, 5.74) is 0. The van der Waals surface area contributed by atoms with Crippen molar-refractivity contribution in [2.24, 2.45) is 5.92 Å². The van der Waals surface area contributed by atoms with Crippen molar-refractivity contribution >= 4 is 0 Å². The monoisotopic (exact) mass is 271 g/mol. The lowest BCUT2D eigenvalue weighted by atomic mass is 10.0. The van der Waals surface area contributed by atoms with E-state index in [9.17, 15) is 5.11 Å². The highest BCUT2D eigenvalue weighted by molar-refractivity contribution is 4.74. The molecule has 2 atom stereocenters. The second kappa shape index (κ2) is 8.17. The summed E-state index contributed by atoms with van der Waals surface area (Å²) >= 11 is 0. The number of ether oxygens (including phenoxy) is 1. The van der Waals surface area contributed by atoms with Gasteiger partial charge in [0.25, 0.3) is 0 Å². The van der Waals surface area contributed by atoms with Gasteiger partial charge < -0.3 is 20.1 Å². The van der Waals surface area contributed by atoms with Crippen molar-refractivity contribution < 1.29 is 9.84 Å². The Balaban J connectivity index is 1.61. The predicted molar refractivity (Wildman–Crippen MR) is 76.4 cm³/mol. The number of aliphatic hydroxyl groups is 1. The molecule has 0 bridgehead atoms. The summed E-state index contributed by atoms with van der Waals surface area (Å²) in [4.78, 5) is 4.60. The highest BCUT2D eigenvalue weighted by Gasteiger charge is 2.19. The van der Waals surface area contributed by atoms with Crippen molar-refractivity contribution in [3.8, 4) is 0 Å². The SMILES string of the molecule is CN(CC(O)CN1CCNCC1)CC1CCCOC1. The molecule has 0 aromatic rings. The summed E-state index contributed by atoms with van der Waals surface area (Å²) in [6.07, 6.45) is 2.20. The molecule has 0 saturated carbocycles. The molecule has 2 N–H and O–H groups in total. The van der Waals surface area contributed by atoms with Crippen LogP contribution in [0.2, 0.25) is 0 Å². The van der Waals surface area contributed by atoms with Crippen LogP contribution in [-0.2, 0) is 4.74 Å². The standard InChI is InChI=1S/C14H29N3O2/c1-16(9-13-3-2-8-19-12-13)10-14(18)11-17-6-4-15-5-7-17/h13-15,18H,2-12H2,1H3. The van der Waals surface area contributed by atoms with Crippen LogP contribution in [0.15, 0.2) is 0 Å². The van der Waals surface area contributed by atoms with Crippen LogP contribution in [0.5, 0.6) is 0 Å². The molecular formula is C14H29N3O2. The van der Waals surface area contributed by atoms with Crippen LogP contribution in [-0.4, -0.2) is 87.1 Å². The van der Waals surface area contributed by atoms with Gasteiger partial charge in [-0.05, 0) is 25.8 Å². The van der Waals surface area contributed by atoms with Gasteiger partial charge in [0.2, 0.25) is 0 Å². The Morgan fingerprint density at radius 1 is 1.42 bits per heavy atom. The number of rotatable bonds is 6. The molecule has 19 heavy (non-hydrogen) atoms. The van der Waals surface area contributed by atoms with Crippen LogP contribution >= 0.6 is 0 Å². The third-order valence-electron chi connectivity index (χ3n) is 4.03. The van der Waals surface area contributed by atoms with Crippen molar-refractivity contribution in [2.75, 3.05) is 66.1 Å². The normalized spacial score (nSPS) is 27.6. The maximum absolute atomic E-state index is 10.2. The van der Waals surface area contributed by atoms with Gasteiger partial charge in [-0.2, -0.15) is 0 Å². The van der Waals surface area contributed by atoms with Crippen LogP contribution in [0.25, 0.3) is 0 Å². The van der Waals surface area contributed by atoms with E-state index in [1.54, 1.807) is 0 Å². The van der Waals surface area contributed by atoms with E-state index in [0.29, 0.717) is 5.92 Å². The zero-order valence-electron chi connectivity index (χ0n) is 12.2. The van der Waals surface area contributed by atoms with Crippen molar-refractivity contribution in [3.05, 3.63) is 0 Å². The summed E-state index contributed by atoms with van der Waals surface area (Å²) < 4.78 is 5.51. The zero-order chi connectivity index (χ0) is 13.5. The molecular weight excluding hydrogens is 242 g/mol. The topological polar surface area (TPSA) is 48.0 Å². The highest BCUT2D eigenvalue weighted by Crippen LogP contribution is 2.14. The van der Waals surface area contributed by atoms with Crippen molar-refractivity contribution in [1.82, 2.24) is 15.1 Å². The van der Waals surface area contributed by atoms with Gasteiger partial charge in [-0.25, -0.2) is 0 Å². The minimum absolute atomic E-state index is 0.243. The molecule has 2 aliphatic rings. The third kappa shape index (κ3) is 5.75. The first-order valence-electron chi connectivity index (χ1n) is 7.61. The largest absolute Gasteiger partial charge is 0.390 e. The van der Waals surface area contributed by atoms with Gasteiger partial charge in [-0.1, -0.05) is 0 Å². The molecule has 2 aliphatic heterocycles. The molecule has 112 valence electrons. The number of hydrogen-bond acceptors (Lipinski definition) is 5. The average Bonchev–Trinajstić information content (AvgIpc) is 2.40. The van der Waals surface area contributed by atoms with Gasteiger partial charge in [0.15, 0.2) is 0 Å². The summed E-state index contributed by atoms with van der Waals surface area (Å²) in [5.74, 6) is 0.644. The minimum atomic E-state index is -0.243. The van der Waals surface area contributed by atoms with Crippen LogP contribution < -0.4 is 5.32 Å². The fraction of sp³-hybridized carbons (Fsp3) is 1.00. The second-order valence-electron chi connectivity index (χ2n) is 6.01. The first kappa shape index (κ1) is 15.2. The molecule has 5 nitrogen and oxygen atoms in total. The number of nitrogens with zero attached hydrogens (tertiary/aromatic N) is 2. The Hall–Kier alpha value is -0.200. The van der Waals surface area contributed by atoms with E-state index in [-0.39, 0.29) is 6.10 Å². The van der Waals surface area contributed by atoms with E-state index < -0.39 is 0 Å². The number of aliphatic hydroxyl groups excluding tert-OH is 1. The molecule has 0 spiro atoms. The minimum Gasteiger partial charge on any atom is -0.390 e. The third-order valence-corrected chi connectivity index (χ3v) is 4.03. The zero-order valence-corrected chi connectivity index (χ0v) is 12.2. The molecule has 2 heterocycles. The first-order valence-corrected chi connectivity index (χ1v) is 7.61. The van der Waals surface area contributed by atoms with Crippen LogP contribution in [0, 0.1) is 5.92 Å². The molecule has 0 aliphatic carbocycles. The maximum atomic E-state index is 10.2. The number of hydrogen-bond donors (Lipinski definition) is 2. The molecule has 2 rings (SSSR count). The molecule has 5 heteroatoms. The van der Waals surface area contributed by atoms with Gasteiger partial charge >= 0.3 is 0 Å². The van der Waals surface area contributed by atoms with Gasteiger partial charge in [0.1, 0.15) is 0 Å². The highest BCUT2D eigenvalue weighted by atomic mass is 16.5. The lowest BCUT2D eigenvalue weighted by Crippen LogP contribution is -2.48. The molecule has 2 saturated heterocycles. The van der Waals surface area contributed by atoms with Crippen LogP contribution in [0.4, 0.5) is 0 Å². The maximum Gasteiger partial charge on any atom is 0.0793 e. The molecule has 0 aromatic carbocycles. The number of β-amino-alcohol motifs (C(OH)–C–C–N with tert-alkyl or cyclic N) is 1. The van der Waals surface area contributed by atoms with E-state index in [1.165, 1.54) is 12.8 Å². The number of nitrogens with one attached hydrogen (secondary N) is 1. The van der Waals surface area contributed by atoms with E-state index in [2.05, 4.69) is 22.2 Å². The van der Waals surface area contributed by atoms with Crippen molar-refractivity contribution in [3.63, 3.8) is 0 Å². The van der Waals surface area contributed by atoms with Crippen LogP contribution in [0.3, 0.4) is 0 Å². The fourth-order valence-corrected chi connectivity index (χ4v) is 3.08. The summed E-state index contributed by atoms with van der Waals surface area (Å²) in [7, 11) is 2.11.